The Morgan fingerprint density at radius 1 is 1.12 bits per heavy atom. The van der Waals surface area contributed by atoms with Crippen molar-refractivity contribution in [1.29, 1.82) is 0 Å². The molecule has 0 saturated carbocycles. The molecule has 0 radical (unpaired) electrons. The lowest BCUT2D eigenvalue weighted by atomic mass is 10.1. The third-order valence-electron chi connectivity index (χ3n) is 3.60. The fourth-order valence-corrected chi connectivity index (χ4v) is 2.99. The van der Waals surface area contributed by atoms with Crippen molar-refractivity contribution < 1.29 is 4.79 Å². The summed E-state index contributed by atoms with van der Waals surface area (Å²) in [6.07, 6.45) is 0. The maximum atomic E-state index is 12.0. The highest BCUT2D eigenvalue weighted by atomic mass is 32.1. The van der Waals surface area contributed by atoms with Crippen LogP contribution in [0.5, 0.6) is 0 Å². The van der Waals surface area contributed by atoms with Crippen LogP contribution < -0.4 is 10.6 Å². The first-order valence-corrected chi connectivity index (χ1v) is 8.61. The van der Waals surface area contributed by atoms with Crippen LogP contribution in [0.4, 0.5) is 10.5 Å². The number of aryl methyl sites for hydroxylation is 2. The molecule has 0 aliphatic rings. The quantitative estimate of drug-likeness (QED) is 0.722. The molecule has 3 rings (SSSR count). The van der Waals surface area contributed by atoms with Crippen molar-refractivity contribution in [1.82, 2.24) is 10.3 Å². The second kappa shape index (κ2) is 7.27. The van der Waals surface area contributed by atoms with E-state index >= 15 is 0 Å². The monoisotopic (exact) mass is 337 g/mol. The summed E-state index contributed by atoms with van der Waals surface area (Å²) in [5.41, 5.74) is 5.04. The van der Waals surface area contributed by atoms with Gasteiger partial charge in [0.25, 0.3) is 0 Å². The highest BCUT2D eigenvalue weighted by Gasteiger charge is 2.04. The Kier molecular flexibility index (Phi) is 4.91. The maximum Gasteiger partial charge on any atom is 0.319 e. The molecule has 2 N–H and O–H groups in total. The molecule has 0 spiro atoms. The van der Waals surface area contributed by atoms with E-state index in [9.17, 15) is 4.79 Å². The van der Waals surface area contributed by atoms with E-state index in [1.165, 1.54) is 0 Å². The molecule has 0 unspecified atom stereocenters. The van der Waals surface area contributed by atoms with E-state index in [0.29, 0.717) is 6.54 Å². The minimum absolute atomic E-state index is 0.209. The van der Waals surface area contributed by atoms with Gasteiger partial charge in [0, 0.05) is 23.2 Å². The zero-order valence-electron chi connectivity index (χ0n) is 13.7. The molecular formula is C19H19N3OS. The van der Waals surface area contributed by atoms with Gasteiger partial charge < -0.3 is 10.6 Å². The molecule has 0 aliphatic carbocycles. The van der Waals surface area contributed by atoms with Crippen LogP contribution in [0.1, 0.15) is 16.1 Å². The number of anilines is 1. The predicted octanol–water partition coefficient (Wildman–Crippen LogP) is 4.75. The summed E-state index contributed by atoms with van der Waals surface area (Å²) < 4.78 is 0. The molecule has 122 valence electrons. The van der Waals surface area contributed by atoms with Crippen molar-refractivity contribution in [3.8, 4) is 11.3 Å². The van der Waals surface area contributed by atoms with Gasteiger partial charge in [-0.15, -0.1) is 11.3 Å². The first-order valence-electron chi connectivity index (χ1n) is 7.73. The fraction of sp³-hybridized carbons (Fsp3) is 0.158. The van der Waals surface area contributed by atoms with Crippen LogP contribution in [0.3, 0.4) is 0 Å². The fourth-order valence-electron chi connectivity index (χ4n) is 2.37. The summed E-state index contributed by atoms with van der Waals surface area (Å²) in [5, 5.41) is 8.81. The number of amides is 2. The number of carbonyl (C=O) groups excluding carboxylic acids is 1. The summed E-state index contributed by atoms with van der Waals surface area (Å²) in [4.78, 5) is 16.4. The van der Waals surface area contributed by atoms with Crippen molar-refractivity contribution in [3.63, 3.8) is 0 Å². The molecule has 1 heterocycles. The van der Waals surface area contributed by atoms with E-state index in [2.05, 4.69) is 21.0 Å². The van der Waals surface area contributed by atoms with Gasteiger partial charge in [0.2, 0.25) is 0 Å². The Morgan fingerprint density at radius 2 is 1.92 bits per heavy atom. The number of hydrogen-bond donors (Lipinski definition) is 2. The van der Waals surface area contributed by atoms with Crippen molar-refractivity contribution in [3.05, 3.63) is 70.0 Å². The van der Waals surface area contributed by atoms with Crippen LogP contribution in [0.15, 0.2) is 53.9 Å². The van der Waals surface area contributed by atoms with E-state index in [-0.39, 0.29) is 6.03 Å². The highest BCUT2D eigenvalue weighted by Crippen LogP contribution is 2.21. The van der Waals surface area contributed by atoms with E-state index in [4.69, 9.17) is 0 Å². The molecule has 2 amide bonds. The lowest BCUT2D eigenvalue weighted by Gasteiger charge is -2.08. The standard InChI is InChI=1S/C19H19N3OS/c1-13-4-3-5-17(10-13)22-19(23)20-11-15-6-8-16(9-7-15)18-12-24-14(2)21-18/h3-10,12H,11H2,1-2H3,(H2,20,22,23). The molecule has 3 aromatic rings. The highest BCUT2D eigenvalue weighted by molar-refractivity contribution is 7.09. The van der Waals surface area contributed by atoms with Gasteiger partial charge in [0.1, 0.15) is 0 Å². The SMILES string of the molecule is Cc1cccc(NC(=O)NCc2ccc(-c3csc(C)n3)cc2)c1. The third-order valence-corrected chi connectivity index (χ3v) is 4.37. The summed E-state index contributed by atoms with van der Waals surface area (Å²) in [6, 6.07) is 15.6. The minimum atomic E-state index is -0.209. The zero-order chi connectivity index (χ0) is 16.9. The predicted molar refractivity (Wildman–Crippen MR) is 99.3 cm³/mol. The molecule has 0 bridgehead atoms. The number of thiazole rings is 1. The minimum Gasteiger partial charge on any atom is -0.334 e. The Bertz CT molecular complexity index is 840. The van der Waals surface area contributed by atoms with Gasteiger partial charge in [0.05, 0.1) is 10.7 Å². The van der Waals surface area contributed by atoms with Crippen LogP contribution in [-0.2, 0) is 6.54 Å². The van der Waals surface area contributed by atoms with Gasteiger partial charge in [0.15, 0.2) is 0 Å². The molecule has 0 saturated heterocycles. The topological polar surface area (TPSA) is 54.0 Å². The largest absolute Gasteiger partial charge is 0.334 e. The number of nitrogens with one attached hydrogen (secondary N) is 2. The number of nitrogens with zero attached hydrogens (tertiary/aromatic N) is 1. The molecule has 5 heteroatoms. The molecule has 1 aromatic heterocycles. The van der Waals surface area contributed by atoms with Crippen molar-refractivity contribution >= 4 is 23.1 Å². The average Bonchev–Trinajstić information content (AvgIpc) is 3.00. The van der Waals surface area contributed by atoms with Crippen molar-refractivity contribution in [2.75, 3.05) is 5.32 Å². The van der Waals surface area contributed by atoms with Gasteiger partial charge in [-0.25, -0.2) is 9.78 Å². The lowest BCUT2D eigenvalue weighted by Crippen LogP contribution is -2.28. The van der Waals surface area contributed by atoms with Gasteiger partial charge in [-0.1, -0.05) is 36.4 Å². The molecular weight excluding hydrogens is 318 g/mol. The number of carbonyl (C=O) groups is 1. The van der Waals surface area contributed by atoms with Gasteiger partial charge in [-0.05, 0) is 37.1 Å². The number of urea groups is 1. The van der Waals surface area contributed by atoms with Gasteiger partial charge in [-0.3, -0.25) is 0 Å². The number of aromatic nitrogens is 1. The Morgan fingerprint density at radius 3 is 2.58 bits per heavy atom. The van der Waals surface area contributed by atoms with Gasteiger partial charge >= 0.3 is 6.03 Å². The van der Waals surface area contributed by atoms with Crippen molar-refractivity contribution in [2.45, 2.75) is 20.4 Å². The van der Waals surface area contributed by atoms with E-state index in [0.717, 1.165) is 33.1 Å². The van der Waals surface area contributed by atoms with E-state index in [1.54, 1.807) is 11.3 Å². The third kappa shape index (κ3) is 4.20. The van der Waals surface area contributed by atoms with Crippen LogP contribution in [0.25, 0.3) is 11.3 Å². The molecule has 0 fully saturated rings. The molecule has 2 aromatic carbocycles. The summed E-state index contributed by atoms with van der Waals surface area (Å²) in [5.74, 6) is 0. The summed E-state index contributed by atoms with van der Waals surface area (Å²) in [7, 11) is 0. The van der Waals surface area contributed by atoms with Crippen LogP contribution in [0.2, 0.25) is 0 Å². The first kappa shape index (κ1) is 16.2. The second-order valence-electron chi connectivity index (χ2n) is 5.63. The lowest BCUT2D eigenvalue weighted by molar-refractivity contribution is 0.251. The first-order chi connectivity index (χ1) is 11.6. The Hall–Kier alpha value is -2.66. The Balaban J connectivity index is 1.55. The summed E-state index contributed by atoms with van der Waals surface area (Å²) in [6.45, 7) is 4.47. The number of rotatable bonds is 4. The molecule has 4 nitrogen and oxygen atoms in total. The van der Waals surface area contributed by atoms with E-state index < -0.39 is 0 Å². The Labute approximate surface area is 145 Å². The van der Waals surface area contributed by atoms with Crippen LogP contribution in [0, 0.1) is 13.8 Å². The number of hydrogen-bond acceptors (Lipinski definition) is 3. The number of benzene rings is 2. The maximum absolute atomic E-state index is 12.0. The van der Waals surface area contributed by atoms with Crippen LogP contribution in [-0.4, -0.2) is 11.0 Å². The van der Waals surface area contributed by atoms with Gasteiger partial charge in [-0.2, -0.15) is 0 Å². The smallest absolute Gasteiger partial charge is 0.319 e. The average molecular weight is 337 g/mol. The van der Waals surface area contributed by atoms with E-state index in [1.807, 2.05) is 62.4 Å². The normalized spacial score (nSPS) is 10.4. The second-order valence-corrected chi connectivity index (χ2v) is 6.69. The zero-order valence-corrected chi connectivity index (χ0v) is 14.5. The molecule has 0 aliphatic heterocycles. The van der Waals surface area contributed by atoms with Crippen molar-refractivity contribution in [2.24, 2.45) is 0 Å². The summed E-state index contributed by atoms with van der Waals surface area (Å²) >= 11 is 1.64. The van der Waals surface area contributed by atoms with Crippen LogP contribution >= 0.6 is 11.3 Å². The molecule has 0 atom stereocenters. The molecule has 24 heavy (non-hydrogen) atoms.